The predicted molar refractivity (Wildman–Crippen MR) is 86.1 cm³/mol. The SMILES string of the molecule is Clc1ccc(-c2csc(Nc3ccccc3Cl)[nH+]2)cc1. The molecule has 0 amide bonds. The molecule has 3 rings (SSSR count). The lowest BCUT2D eigenvalue weighted by molar-refractivity contribution is -0.340. The minimum atomic E-state index is 0.697. The van der Waals surface area contributed by atoms with Crippen LogP contribution in [-0.4, -0.2) is 0 Å². The van der Waals surface area contributed by atoms with Gasteiger partial charge in [-0.15, -0.1) is 0 Å². The van der Waals surface area contributed by atoms with Crippen LogP contribution in [0.5, 0.6) is 0 Å². The van der Waals surface area contributed by atoms with Gasteiger partial charge in [0.1, 0.15) is 11.4 Å². The monoisotopic (exact) mass is 321 g/mol. The summed E-state index contributed by atoms with van der Waals surface area (Å²) in [6.07, 6.45) is 0. The zero-order valence-corrected chi connectivity index (χ0v) is 12.7. The van der Waals surface area contributed by atoms with Gasteiger partial charge < -0.3 is 0 Å². The van der Waals surface area contributed by atoms with E-state index in [2.05, 4.69) is 15.7 Å². The summed E-state index contributed by atoms with van der Waals surface area (Å²) >= 11 is 13.6. The Bertz CT molecular complexity index is 723. The highest BCUT2D eigenvalue weighted by Crippen LogP contribution is 2.27. The topological polar surface area (TPSA) is 26.2 Å². The van der Waals surface area contributed by atoms with Crippen LogP contribution in [0.4, 0.5) is 10.8 Å². The summed E-state index contributed by atoms with van der Waals surface area (Å²) in [6.45, 7) is 0. The smallest absolute Gasteiger partial charge is 0.230 e. The lowest BCUT2D eigenvalue weighted by Gasteiger charge is -1.98. The van der Waals surface area contributed by atoms with E-state index in [4.69, 9.17) is 23.2 Å². The Morgan fingerprint density at radius 1 is 0.950 bits per heavy atom. The third kappa shape index (κ3) is 2.96. The molecule has 0 saturated carbocycles. The molecule has 5 heteroatoms. The number of halogens is 2. The lowest BCUT2D eigenvalue weighted by atomic mass is 10.2. The first-order chi connectivity index (χ1) is 9.72. The van der Waals surface area contributed by atoms with Crippen LogP contribution in [-0.2, 0) is 0 Å². The van der Waals surface area contributed by atoms with Gasteiger partial charge in [0.2, 0.25) is 0 Å². The van der Waals surface area contributed by atoms with E-state index in [0.29, 0.717) is 5.02 Å². The number of hydrogen-bond donors (Lipinski definition) is 1. The van der Waals surface area contributed by atoms with Gasteiger partial charge >= 0.3 is 5.13 Å². The minimum Gasteiger partial charge on any atom is -0.230 e. The van der Waals surface area contributed by atoms with Crippen molar-refractivity contribution in [1.29, 1.82) is 0 Å². The molecule has 0 unspecified atom stereocenters. The largest absolute Gasteiger partial charge is 0.337 e. The van der Waals surface area contributed by atoms with Gasteiger partial charge in [-0.3, -0.25) is 0 Å². The number of para-hydroxylation sites is 1. The number of hydrogen-bond acceptors (Lipinski definition) is 2. The van der Waals surface area contributed by atoms with Crippen LogP contribution in [0.2, 0.25) is 10.0 Å². The fourth-order valence-electron chi connectivity index (χ4n) is 1.81. The summed E-state index contributed by atoms with van der Waals surface area (Å²) in [7, 11) is 0. The van der Waals surface area contributed by atoms with E-state index in [1.165, 1.54) is 0 Å². The second-order valence-corrected chi connectivity index (χ2v) is 5.94. The summed E-state index contributed by atoms with van der Waals surface area (Å²) < 4.78 is 0. The second kappa shape index (κ2) is 5.83. The molecule has 0 aliphatic heterocycles. The summed E-state index contributed by atoms with van der Waals surface area (Å²) in [6, 6.07) is 15.4. The zero-order valence-electron chi connectivity index (χ0n) is 10.4. The van der Waals surface area contributed by atoms with Gasteiger partial charge in [0.15, 0.2) is 0 Å². The number of H-pyrrole nitrogens is 1. The Morgan fingerprint density at radius 3 is 2.45 bits per heavy atom. The molecule has 0 bridgehead atoms. The maximum Gasteiger partial charge on any atom is 0.337 e. The average molecular weight is 322 g/mol. The maximum absolute atomic E-state index is 6.13. The van der Waals surface area contributed by atoms with Crippen molar-refractivity contribution in [2.45, 2.75) is 0 Å². The van der Waals surface area contributed by atoms with Gasteiger partial charge in [-0.25, -0.2) is 10.3 Å². The highest BCUT2D eigenvalue weighted by Gasteiger charge is 2.12. The molecule has 1 heterocycles. The molecular weight excluding hydrogens is 311 g/mol. The number of thiazole rings is 1. The molecule has 0 atom stereocenters. The molecule has 1 aromatic heterocycles. The normalized spacial score (nSPS) is 10.5. The highest BCUT2D eigenvalue weighted by molar-refractivity contribution is 7.13. The summed E-state index contributed by atoms with van der Waals surface area (Å²) in [4.78, 5) is 3.33. The van der Waals surface area contributed by atoms with E-state index in [1.54, 1.807) is 11.3 Å². The van der Waals surface area contributed by atoms with Crippen molar-refractivity contribution >= 4 is 45.4 Å². The molecule has 2 nitrogen and oxygen atoms in total. The minimum absolute atomic E-state index is 0.697. The van der Waals surface area contributed by atoms with Crippen LogP contribution >= 0.6 is 34.5 Å². The molecule has 0 fully saturated rings. The predicted octanol–water partition coefficient (Wildman–Crippen LogP) is 5.28. The van der Waals surface area contributed by atoms with E-state index >= 15 is 0 Å². The Labute approximate surface area is 131 Å². The molecule has 100 valence electrons. The van der Waals surface area contributed by atoms with E-state index in [0.717, 1.165) is 27.1 Å². The number of nitrogens with one attached hydrogen (secondary N) is 2. The Balaban J connectivity index is 1.84. The third-order valence-electron chi connectivity index (χ3n) is 2.82. The first-order valence-electron chi connectivity index (χ1n) is 6.01. The zero-order chi connectivity index (χ0) is 13.9. The number of aromatic amines is 1. The Kier molecular flexibility index (Phi) is 3.92. The molecule has 2 aromatic carbocycles. The molecule has 3 aromatic rings. The standard InChI is InChI=1S/C15H10Cl2N2S/c16-11-7-5-10(6-8-11)14-9-20-15(19-14)18-13-4-2-1-3-12(13)17/h1-9H,(H,18,19)/p+1. The highest BCUT2D eigenvalue weighted by atomic mass is 35.5. The molecule has 0 saturated heterocycles. The molecule has 0 radical (unpaired) electrons. The number of anilines is 2. The van der Waals surface area contributed by atoms with Gasteiger partial charge in [-0.2, -0.15) is 0 Å². The van der Waals surface area contributed by atoms with Crippen LogP contribution in [0.3, 0.4) is 0 Å². The van der Waals surface area contributed by atoms with Crippen LogP contribution in [0, 0.1) is 0 Å². The van der Waals surface area contributed by atoms with Crippen LogP contribution in [0.1, 0.15) is 0 Å². The molecule has 0 aliphatic carbocycles. The van der Waals surface area contributed by atoms with Crippen LogP contribution in [0.15, 0.2) is 53.9 Å². The number of rotatable bonds is 3. The molecular formula is C15H11Cl2N2S+. The summed E-state index contributed by atoms with van der Waals surface area (Å²) in [5.74, 6) is 0. The fourth-order valence-corrected chi connectivity index (χ4v) is 2.89. The average Bonchev–Trinajstić information content (AvgIpc) is 2.91. The van der Waals surface area contributed by atoms with Gasteiger partial charge in [0.05, 0.1) is 5.02 Å². The second-order valence-electron chi connectivity index (χ2n) is 4.22. The number of benzene rings is 2. The maximum atomic E-state index is 6.13. The van der Waals surface area contributed by atoms with Crippen LogP contribution < -0.4 is 10.3 Å². The Morgan fingerprint density at radius 2 is 1.70 bits per heavy atom. The van der Waals surface area contributed by atoms with Crippen molar-refractivity contribution in [3.8, 4) is 11.3 Å². The lowest BCUT2D eigenvalue weighted by Crippen LogP contribution is -2.07. The van der Waals surface area contributed by atoms with E-state index < -0.39 is 0 Å². The molecule has 0 aliphatic rings. The summed E-state index contributed by atoms with van der Waals surface area (Å²) in [5, 5.41) is 7.70. The van der Waals surface area contributed by atoms with Gasteiger partial charge in [0, 0.05) is 16.0 Å². The third-order valence-corrected chi connectivity index (χ3v) is 4.20. The van der Waals surface area contributed by atoms with Gasteiger partial charge in [-0.05, 0) is 36.4 Å². The summed E-state index contributed by atoms with van der Waals surface area (Å²) in [5.41, 5.74) is 3.02. The molecule has 20 heavy (non-hydrogen) atoms. The van der Waals surface area contributed by atoms with Gasteiger partial charge in [0.25, 0.3) is 0 Å². The first-order valence-corrected chi connectivity index (χ1v) is 7.64. The fraction of sp³-hybridized carbons (Fsp3) is 0. The Hall–Kier alpha value is -1.55. The van der Waals surface area contributed by atoms with Gasteiger partial charge in [-0.1, -0.05) is 46.7 Å². The van der Waals surface area contributed by atoms with E-state index in [9.17, 15) is 0 Å². The van der Waals surface area contributed by atoms with Crippen molar-refractivity contribution in [3.05, 3.63) is 64.0 Å². The van der Waals surface area contributed by atoms with E-state index in [-0.39, 0.29) is 0 Å². The quantitative estimate of drug-likeness (QED) is 0.697. The van der Waals surface area contributed by atoms with Crippen molar-refractivity contribution in [1.82, 2.24) is 0 Å². The van der Waals surface area contributed by atoms with Crippen molar-refractivity contribution in [2.75, 3.05) is 5.32 Å². The molecule has 2 N–H and O–H groups in total. The van der Waals surface area contributed by atoms with Crippen molar-refractivity contribution in [3.63, 3.8) is 0 Å². The molecule has 0 spiro atoms. The van der Waals surface area contributed by atoms with Crippen LogP contribution in [0.25, 0.3) is 11.3 Å². The van der Waals surface area contributed by atoms with E-state index in [1.807, 2.05) is 48.5 Å². The van der Waals surface area contributed by atoms with Crippen molar-refractivity contribution in [2.24, 2.45) is 0 Å². The first kappa shape index (κ1) is 13.4. The van der Waals surface area contributed by atoms with Crippen molar-refractivity contribution < 1.29 is 4.98 Å². The number of aromatic nitrogens is 1.